The molecule has 0 aliphatic carbocycles. The van der Waals surface area contributed by atoms with E-state index >= 15 is 9.59 Å². The number of thiol groups is 2. The van der Waals surface area contributed by atoms with E-state index in [2.05, 4.69) is 72.4 Å². The monoisotopic (exact) mass is 1440 g/mol. The Hall–Kier alpha value is -8.14. The number of fused-ring (bicyclic) bond motifs is 2. The Labute approximate surface area is 537 Å². The van der Waals surface area contributed by atoms with Crippen LogP contribution in [0.3, 0.4) is 0 Å². The average molecular weight is 1440 g/mol. The van der Waals surface area contributed by atoms with Crippen molar-refractivity contribution < 1.29 is 89.2 Å². The Morgan fingerprint density at radius 3 is 1.47 bits per heavy atom. The van der Waals surface area contributed by atoms with Gasteiger partial charge in [0.2, 0.25) is 47.3 Å². The average Bonchev–Trinajstić information content (AvgIpc) is 3.14. The fraction of sp³-hybridized carbons (Fsp3) is 0.367. The SMILES string of the molecule is C[C@@H](O)[C@H](NC(=O)[C@H](CCCCN)NC(=O)[C@@H](Cc1c[nH]c2ccccc12)NC(=O)[C@H](Cc1c[nH]c2ccccc12)NC(=O)[C@H](Cc1ccccc1)NC(=O)CNC(=O)[C@H](N)CS)C(=O)N[C@@H](Cc1ccccc1)C(=O)N(CC(=O)O)[C@H](CS)C(=O)O.[O-2].[Re]. The Morgan fingerprint density at radius 1 is 0.562 bits per heavy atom. The Balaban J connectivity index is 0.00000846. The van der Waals surface area contributed by atoms with E-state index in [4.69, 9.17) is 11.5 Å². The van der Waals surface area contributed by atoms with Crippen LogP contribution in [0.4, 0.5) is 0 Å². The van der Waals surface area contributed by atoms with Crippen molar-refractivity contribution >= 4 is 106 Å². The number of carboxylic acids is 2. The first-order valence-corrected chi connectivity index (χ1v) is 29.3. The minimum Gasteiger partial charge on any atom is -2.00 e. The zero-order valence-electron chi connectivity index (χ0n) is 48.4. The molecule has 4 aromatic carbocycles. The van der Waals surface area contributed by atoms with Crippen molar-refractivity contribution in [1.82, 2.24) is 52.1 Å². The van der Waals surface area contributed by atoms with Gasteiger partial charge in [0, 0.05) is 91.8 Å². The molecule has 0 fully saturated rings. The van der Waals surface area contributed by atoms with Crippen molar-refractivity contribution in [2.24, 2.45) is 11.5 Å². The summed E-state index contributed by atoms with van der Waals surface area (Å²) in [5.74, 6) is -10.8. The number of carbonyl (C=O) groups excluding carboxylic acids is 8. The largest absolute Gasteiger partial charge is 2.00 e. The number of hydrogen-bond donors (Lipinski definition) is 16. The summed E-state index contributed by atoms with van der Waals surface area (Å²) >= 11 is 8.08. The van der Waals surface area contributed by atoms with Crippen molar-refractivity contribution in [1.29, 1.82) is 0 Å². The van der Waals surface area contributed by atoms with E-state index in [0.717, 1.165) is 10.9 Å². The molecule has 0 aliphatic heterocycles. The number of amides is 8. The molecule has 2 heterocycles. The second-order valence-corrected chi connectivity index (χ2v) is 21.5. The molecule has 26 nitrogen and oxygen atoms in total. The fourth-order valence-electron chi connectivity index (χ4n) is 9.69. The molecule has 8 amide bonds. The normalized spacial score (nSPS) is 14.0. The molecular weight excluding hydrogens is 1360 g/mol. The van der Waals surface area contributed by atoms with E-state index in [1.54, 1.807) is 97.3 Å². The Morgan fingerprint density at radius 2 is 1.01 bits per heavy atom. The summed E-state index contributed by atoms with van der Waals surface area (Å²) in [6, 6.07) is 19.4. The molecule has 0 saturated carbocycles. The Bertz CT molecular complexity index is 3360. The van der Waals surface area contributed by atoms with Crippen molar-refractivity contribution in [3.63, 3.8) is 0 Å². The zero-order chi connectivity index (χ0) is 63.2. The number of aromatic nitrogens is 2. The van der Waals surface area contributed by atoms with Crippen LogP contribution in [0, 0.1) is 0 Å². The van der Waals surface area contributed by atoms with E-state index < -0.39 is 132 Å². The minimum atomic E-state index is -1.84. The number of rotatable bonds is 34. The number of benzene rings is 4. The second kappa shape index (κ2) is 36.4. The molecule has 0 unspecified atom stereocenters. The number of nitrogens with two attached hydrogens (primary N) is 2. The number of hydrogen-bond acceptors (Lipinski definition) is 15. The van der Waals surface area contributed by atoms with Gasteiger partial charge >= 0.3 is 11.9 Å². The van der Waals surface area contributed by atoms with Crippen molar-refractivity contribution in [2.75, 3.05) is 31.1 Å². The standard InChI is InChI=1S/C60H74N12O13S2.O.Re/c1-34(73)52(58(82)70-48(25-36-16-6-3-7-17-36)59(83)72(31-51(75)76)49(33-87)60(84)85)71-54(78)44(22-12-13-23-61)67-56(80)46(26-37-28-63-42-20-10-8-18-39(37)42)69-57(81)47(27-38-29-64-43-21-11-9-19-40(38)43)68-55(79)45(24-35-14-4-2-5-15-35)66-50(74)30-65-53(77)41(62)32-86;;/h2-11,14-21,28-29,34,41,44-49,52,63-64,73,86-87H,12-13,22-27,30-33,61-62H2,1H3,(H,65,77)(H,66,74)(H,67,80)(H,68,79)(H,69,81)(H,70,82)(H,71,78)(H,75,76)(H,84,85);;/q;-2;/t34-,41-,44+,45+,46-,47+,48+,49-,52+;;/m1../s1. The molecule has 1 radical (unpaired) electrons. The summed E-state index contributed by atoms with van der Waals surface area (Å²) in [5, 5.41) is 50.7. The van der Waals surface area contributed by atoms with Gasteiger partial charge in [-0.2, -0.15) is 25.3 Å². The van der Waals surface area contributed by atoms with Crippen LogP contribution in [-0.4, -0.2) is 175 Å². The molecule has 9 atom stereocenters. The van der Waals surface area contributed by atoms with Crippen LogP contribution in [0.5, 0.6) is 0 Å². The van der Waals surface area contributed by atoms with Crippen molar-refractivity contribution in [2.45, 2.75) is 106 Å². The van der Waals surface area contributed by atoms with Gasteiger partial charge in [0.25, 0.3) is 0 Å². The molecule has 16 N–H and O–H groups in total. The molecular formula is C60H74N12O14ReS2-2. The quantitative estimate of drug-likeness (QED) is 0.0185. The van der Waals surface area contributed by atoms with Gasteiger partial charge < -0.3 is 84.3 Å². The van der Waals surface area contributed by atoms with Crippen LogP contribution in [0.1, 0.15) is 48.4 Å². The summed E-state index contributed by atoms with van der Waals surface area (Å²) in [4.78, 5) is 145. The smallest absolute Gasteiger partial charge is 0.327 e. The predicted octanol–water partition coefficient (Wildman–Crippen LogP) is -0.113. The van der Waals surface area contributed by atoms with Crippen LogP contribution in [-0.2, 0) is 99.5 Å². The number of aliphatic hydroxyl groups excluding tert-OH is 1. The number of aliphatic hydroxyl groups is 1. The first-order chi connectivity index (χ1) is 41.7. The minimum absolute atomic E-state index is 0. The summed E-state index contributed by atoms with van der Waals surface area (Å²) in [7, 11) is 0. The third-order valence-corrected chi connectivity index (χ3v) is 15.1. The summed E-state index contributed by atoms with van der Waals surface area (Å²) in [5.41, 5.74) is 15.3. The number of aliphatic carboxylic acids is 2. The zero-order valence-corrected chi connectivity index (χ0v) is 52.9. The molecule has 6 rings (SSSR count). The number of H-pyrrole nitrogens is 2. The maximum Gasteiger partial charge on any atom is 0.327 e. The number of unbranched alkanes of at least 4 members (excludes halogenated alkanes) is 1. The van der Waals surface area contributed by atoms with E-state index in [9.17, 15) is 53.7 Å². The van der Waals surface area contributed by atoms with E-state index in [0.29, 0.717) is 44.5 Å². The number of carboxylic acid groups (broad SMARTS) is 2. The molecule has 2 aromatic heterocycles. The molecule has 0 spiro atoms. The van der Waals surface area contributed by atoms with Crippen LogP contribution in [0.25, 0.3) is 21.8 Å². The van der Waals surface area contributed by atoms with Gasteiger partial charge in [-0.05, 0) is 67.1 Å². The topological polar surface area (TPSA) is 431 Å². The summed E-state index contributed by atoms with van der Waals surface area (Å²) in [6.45, 7) is -0.255. The summed E-state index contributed by atoms with van der Waals surface area (Å²) in [6.07, 6.45) is 1.51. The van der Waals surface area contributed by atoms with Crippen molar-refractivity contribution in [3.8, 4) is 0 Å². The molecule has 29 heteroatoms. The number of aromatic amines is 2. The third-order valence-electron chi connectivity index (χ3n) is 14.3. The van der Waals surface area contributed by atoms with Crippen molar-refractivity contribution in [3.05, 3.63) is 144 Å². The van der Waals surface area contributed by atoms with Gasteiger partial charge in [0.05, 0.1) is 18.7 Å². The maximum absolute atomic E-state index is 15.1. The van der Waals surface area contributed by atoms with Gasteiger partial charge in [-0.3, -0.25) is 43.2 Å². The van der Waals surface area contributed by atoms with Gasteiger partial charge in [0.1, 0.15) is 48.8 Å². The van der Waals surface area contributed by atoms with Crippen LogP contribution < -0.4 is 48.7 Å². The first-order valence-electron chi connectivity index (χ1n) is 28.1. The second-order valence-electron chi connectivity index (χ2n) is 20.8. The summed E-state index contributed by atoms with van der Waals surface area (Å²) < 4.78 is 0. The molecule has 89 heavy (non-hydrogen) atoms. The van der Waals surface area contributed by atoms with Crippen LogP contribution >= 0.6 is 25.3 Å². The third kappa shape index (κ3) is 21.6. The van der Waals surface area contributed by atoms with E-state index in [1.807, 2.05) is 24.3 Å². The molecule has 6 aromatic rings. The number of nitrogens with zero attached hydrogens (tertiary/aromatic N) is 1. The van der Waals surface area contributed by atoms with Gasteiger partial charge in [-0.25, -0.2) is 4.79 Å². The number of para-hydroxylation sites is 2. The fourth-order valence-corrected chi connectivity index (χ4v) is 10.2. The maximum atomic E-state index is 15.1. The molecule has 0 saturated heterocycles. The van der Waals surface area contributed by atoms with E-state index in [-0.39, 0.29) is 76.7 Å². The molecule has 479 valence electrons. The van der Waals surface area contributed by atoms with Gasteiger partial charge in [-0.15, -0.1) is 0 Å². The first kappa shape index (κ1) is 73.3. The molecule has 0 bridgehead atoms. The van der Waals surface area contributed by atoms with Crippen LogP contribution in [0.2, 0.25) is 0 Å². The van der Waals surface area contributed by atoms with E-state index in [1.165, 1.54) is 6.92 Å². The van der Waals surface area contributed by atoms with Gasteiger partial charge in [0.15, 0.2) is 0 Å². The Kier molecular flexibility index (Phi) is 30.0. The number of nitrogens with one attached hydrogen (secondary N) is 9. The predicted molar refractivity (Wildman–Crippen MR) is 331 cm³/mol. The molecule has 0 aliphatic rings. The van der Waals surface area contributed by atoms with Crippen LogP contribution in [0.15, 0.2) is 122 Å². The van der Waals surface area contributed by atoms with Gasteiger partial charge in [-0.1, -0.05) is 97.1 Å². The number of carbonyl (C=O) groups is 10.